The molecule has 36 heavy (non-hydrogen) atoms. The molecule has 1 heterocycles. The number of carboxylic acid groups (broad SMARTS) is 2. The van der Waals surface area contributed by atoms with E-state index in [4.69, 9.17) is 16.6 Å². The van der Waals surface area contributed by atoms with Crippen LogP contribution in [0.2, 0.25) is 0 Å². The number of nitrogens with two attached hydrogens (primary N) is 2. The van der Waals surface area contributed by atoms with Gasteiger partial charge in [0.2, 0.25) is 17.7 Å². The van der Waals surface area contributed by atoms with E-state index in [-0.39, 0.29) is 44.1 Å². The summed E-state index contributed by atoms with van der Waals surface area (Å²) in [5, 5.41) is 29.2. The number of carbonyl (C=O) groups excluding carboxylic acids is 3. The zero-order chi connectivity index (χ0) is 27.3. The predicted octanol–water partition coefficient (Wildman–Crippen LogP) is -1.76. The molecule has 0 spiro atoms. The molecule has 0 aromatic heterocycles. The van der Waals surface area contributed by atoms with Gasteiger partial charge in [0.05, 0.1) is 6.04 Å². The van der Waals surface area contributed by atoms with Crippen molar-refractivity contribution in [3.8, 4) is 0 Å². The van der Waals surface area contributed by atoms with E-state index in [2.05, 4.69) is 26.3 Å². The monoisotopic (exact) mass is 513 g/mol. The van der Waals surface area contributed by atoms with E-state index in [9.17, 15) is 29.1 Å². The zero-order valence-corrected chi connectivity index (χ0v) is 20.8. The van der Waals surface area contributed by atoms with Crippen LogP contribution in [0.15, 0.2) is 4.99 Å². The molecule has 14 nitrogen and oxygen atoms in total. The van der Waals surface area contributed by atoms with Gasteiger partial charge in [0.1, 0.15) is 18.1 Å². The molecule has 0 radical (unpaired) electrons. The Hall–Kier alpha value is -3.42. The lowest BCUT2D eigenvalue weighted by Crippen LogP contribution is -2.57. The van der Waals surface area contributed by atoms with E-state index in [0.29, 0.717) is 19.4 Å². The Morgan fingerprint density at radius 1 is 1.03 bits per heavy atom. The Kier molecular flexibility index (Phi) is 13.2. The van der Waals surface area contributed by atoms with Crippen molar-refractivity contribution >= 4 is 35.6 Å². The molecule has 0 bridgehead atoms. The highest BCUT2D eigenvalue weighted by Gasteiger charge is 2.32. The van der Waals surface area contributed by atoms with Gasteiger partial charge in [-0.1, -0.05) is 20.3 Å². The third-order valence-corrected chi connectivity index (χ3v) is 6.01. The van der Waals surface area contributed by atoms with Crippen molar-refractivity contribution < 1.29 is 34.2 Å². The van der Waals surface area contributed by atoms with Crippen LogP contribution in [0.5, 0.6) is 0 Å². The SMILES string of the molecule is CCC(C)C(NC(=O)C(CCCN=C(N)N)NC(=O)C(CCC(=O)O)NC(=O)C1CCCN1)C(=O)O. The van der Waals surface area contributed by atoms with Crippen molar-refractivity contribution in [3.63, 3.8) is 0 Å². The second-order valence-electron chi connectivity index (χ2n) is 8.86. The fraction of sp³-hybridized carbons (Fsp3) is 0.727. The van der Waals surface area contributed by atoms with Crippen LogP contribution in [0.25, 0.3) is 0 Å². The number of hydrogen-bond donors (Lipinski definition) is 8. The molecular formula is C22H39N7O7. The maximum atomic E-state index is 13.1. The minimum absolute atomic E-state index is 0.0744. The summed E-state index contributed by atoms with van der Waals surface area (Å²) in [5.41, 5.74) is 10.6. The molecule has 1 saturated heterocycles. The Balaban J connectivity index is 3.02. The van der Waals surface area contributed by atoms with Crippen LogP contribution >= 0.6 is 0 Å². The first-order chi connectivity index (χ1) is 17.0. The van der Waals surface area contributed by atoms with Gasteiger partial charge in [0.25, 0.3) is 0 Å². The van der Waals surface area contributed by atoms with Gasteiger partial charge in [0, 0.05) is 13.0 Å². The fourth-order valence-corrected chi connectivity index (χ4v) is 3.70. The molecule has 204 valence electrons. The molecule has 3 amide bonds. The third-order valence-electron chi connectivity index (χ3n) is 6.01. The molecule has 0 aromatic carbocycles. The van der Waals surface area contributed by atoms with Crippen molar-refractivity contribution in [1.29, 1.82) is 0 Å². The van der Waals surface area contributed by atoms with E-state index in [0.717, 1.165) is 6.42 Å². The Morgan fingerprint density at radius 3 is 2.19 bits per heavy atom. The largest absolute Gasteiger partial charge is 0.481 e. The van der Waals surface area contributed by atoms with Crippen LogP contribution in [0.1, 0.15) is 58.8 Å². The summed E-state index contributed by atoms with van der Waals surface area (Å²) in [6, 6.07) is -4.02. The summed E-state index contributed by atoms with van der Waals surface area (Å²) in [6.45, 7) is 4.29. The summed E-state index contributed by atoms with van der Waals surface area (Å²) in [5.74, 6) is -4.77. The third kappa shape index (κ3) is 10.9. The van der Waals surface area contributed by atoms with Crippen LogP contribution in [0.4, 0.5) is 0 Å². The maximum Gasteiger partial charge on any atom is 0.326 e. The summed E-state index contributed by atoms with van der Waals surface area (Å²) < 4.78 is 0. The van der Waals surface area contributed by atoms with E-state index in [1.165, 1.54) is 0 Å². The number of hydrogen-bond acceptors (Lipinski definition) is 7. The molecular weight excluding hydrogens is 474 g/mol. The van der Waals surface area contributed by atoms with E-state index in [1.54, 1.807) is 13.8 Å². The second-order valence-corrected chi connectivity index (χ2v) is 8.86. The van der Waals surface area contributed by atoms with Gasteiger partial charge in [-0.2, -0.15) is 0 Å². The molecule has 1 aliphatic rings. The lowest BCUT2D eigenvalue weighted by atomic mass is 9.98. The molecule has 5 unspecified atom stereocenters. The quantitative estimate of drug-likeness (QED) is 0.0657. The number of nitrogens with zero attached hydrogens (tertiary/aromatic N) is 1. The van der Waals surface area contributed by atoms with Gasteiger partial charge in [-0.3, -0.25) is 24.2 Å². The highest BCUT2D eigenvalue weighted by Crippen LogP contribution is 2.11. The Morgan fingerprint density at radius 2 is 1.67 bits per heavy atom. The molecule has 5 atom stereocenters. The van der Waals surface area contributed by atoms with Crippen LogP contribution < -0.4 is 32.7 Å². The van der Waals surface area contributed by atoms with Crippen molar-refractivity contribution in [2.75, 3.05) is 13.1 Å². The normalized spacial score (nSPS) is 18.2. The minimum atomic E-state index is -1.21. The second kappa shape index (κ2) is 15.5. The Bertz CT molecular complexity index is 811. The molecule has 0 aromatic rings. The van der Waals surface area contributed by atoms with Crippen molar-refractivity contribution in [2.45, 2.75) is 83.0 Å². The van der Waals surface area contributed by atoms with Crippen LogP contribution in [-0.2, 0) is 24.0 Å². The number of carboxylic acids is 2. The standard InChI is InChI=1S/C22H39N7O7/c1-3-12(2)17(21(35)36)29-20(34)14(7-5-11-26-22(23)24)27-19(33)15(8-9-16(30)31)28-18(32)13-6-4-10-25-13/h12-15,17,25H,3-11H2,1-2H3,(H,27,33)(H,28,32)(H,29,34)(H,30,31)(H,35,36)(H4,23,24,26). The zero-order valence-electron chi connectivity index (χ0n) is 20.8. The average Bonchev–Trinajstić information content (AvgIpc) is 3.35. The van der Waals surface area contributed by atoms with Gasteiger partial charge < -0.3 is 42.9 Å². The van der Waals surface area contributed by atoms with Gasteiger partial charge >= 0.3 is 11.9 Å². The molecule has 10 N–H and O–H groups in total. The number of nitrogens with one attached hydrogen (secondary N) is 4. The number of guanidine groups is 1. The van der Waals surface area contributed by atoms with E-state index in [1.807, 2.05) is 0 Å². The van der Waals surface area contributed by atoms with Gasteiger partial charge in [0.15, 0.2) is 5.96 Å². The highest BCUT2D eigenvalue weighted by atomic mass is 16.4. The molecule has 1 fully saturated rings. The predicted molar refractivity (Wildman–Crippen MR) is 131 cm³/mol. The number of amides is 3. The smallest absolute Gasteiger partial charge is 0.326 e. The summed E-state index contributed by atoms with van der Waals surface area (Å²) in [4.78, 5) is 65.2. The lowest BCUT2D eigenvalue weighted by molar-refractivity contribution is -0.144. The molecule has 1 aliphatic heterocycles. The summed E-state index contributed by atoms with van der Waals surface area (Å²) in [7, 11) is 0. The highest BCUT2D eigenvalue weighted by molar-refractivity contribution is 5.94. The Labute approximate surface area is 210 Å². The van der Waals surface area contributed by atoms with E-state index >= 15 is 0 Å². The minimum Gasteiger partial charge on any atom is -0.481 e. The number of rotatable bonds is 16. The number of aliphatic imine (C=N–C) groups is 1. The fourth-order valence-electron chi connectivity index (χ4n) is 3.70. The first-order valence-electron chi connectivity index (χ1n) is 12.1. The number of aliphatic carboxylic acids is 2. The summed E-state index contributed by atoms with van der Waals surface area (Å²) in [6.07, 6.45) is 1.67. The first kappa shape index (κ1) is 30.6. The molecule has 14 heteroatoms. The van der Waals surface area contributed by atoms with Gasteiger partial charge in [-0.15, -0.1) is 0 Å². The van der Waals surface area contributed by atoms with Gasteiger partial charge in [-0.05, 0) is 44.6 Å². The van der Waals surface area contributed by atoms with Crippen LogP contribution in [0, 0.1) is 5.92 Å². The van der Waals surface area contributed by atoms with Crippen molar-refractivity contribution in [3.05, 3.63) is 0 Å². The average molecular weight is 514 g/mol. The molecule has 1 rings (SSSR count). The van der Waals surface area contributed by atoms with Crippen LogP contribution in [-0.4, -0.2) is 83.1 Å². The lowest BCUT2D eigenvalue weighted by Gasteiger charge is -2.26. The molecule has 0 aliphatic carbocycles. The maximum absolute atomic E-state index is 13.1. The van der Waals surface area contributed by atoms with Crippen molar-refractivity contribution in [2.24, 2.45) is 22.4 Å². The van der Waals surface area contributed by atoms with Crippen LogP contribution in [0.3, 0.4) is 0 Å². The number of carbonyl (C=O) groups is 5. The van der Waals surface area contributed by atoms with Crippen molar-refractivity contribution in [1.82, 2.24) is 21.3 Å². The van der Waals surface area contributed by atoms with E-state index < -0.39 is 53.8 Å². The topological polar surface area (TPSA) is 238 Å². The molecule has 0 saturated carbocycles. The summed E-state index contributed by atoms with van der Waals surface area (Å²) >= 11 is 0. The van der Waals surface area contributed by atoms with Gasteiger partial charge in [-0.25, -0.2) is 4.79 Å². The first-order valence-corrected chi connectivity index (χ1v) is 12.1.